The van der Waals surface area contributed by atoms with E-state index in [1.807, 2.05) is 24.3 Å². The van der Waals surface area contributed by atoms with Crippen molar-refractivity contribution < 1.29 is 4.79 Å². The lowest BCUT2D eigenvalue weighted by Crippen LogP contribution is -2.15. The zero-order valence-electron chi connectivity index (χ0n) is 17.0. The molecule has 2 aromatic carbocycles. The normalized spacial score (nSPS) is 10.6. The molecule has 1 heterocycles. The highest BCUT2D eigenvalue weighted by molar-refractivity contribution is 5.98. The van der Waals surface area contributed by atoms with E-state index in [1.165, 1.54) is 16.7 Å². The van der Waals surface area contributed by atoms with Crippen molar-refractivity contribution in [3.63, 3.8) is 0 Å². The van der Waals surface area contributed by atoms with Gasteiger partial charge in [-0.25, -0.2) is 6.57 Å². The number of carbonyl (C=O) groups excluding carboxylic acids is 1. The molecular formula is C23H25N5O. The smallest absolute Gasteiger partial charge is 0.254 e. The molecule has 0 aliphatic carbocycles. The number of aromatic nitrogens is 2. The third kappa shape index (κ3) is 4.64. The van der Waals surface area contributed by atoms with Crippen molar-refractivity contribution >= 4 is 11.7 Å². The lowest BCUT2D eigenvalue weighted by molar-refractivity contribution is 0.100. The van der Waals surface area contributed by atoms with Gasteiger partial charge in [-0.05, 0) is 48.6 Å². The number of aromatic amines is 1. The predicted octanol–water partition coefficient (Wildman–Crippen LogP) is 4.06. The highest BCUT2D eigenvalue weighted by Gasteiger charge is 2.18. The minimum absolute atomic E-state index is 0.364. The number of carbonyl (C=O) groups is 1. The zero-order chi connectivity index (χ0) is 21.0. The van der Waals surface area contributed by atoms with Gasteiger partial charge in [0.15, 0.2) is 5.82 Å². The monoisotopic (exact) mass is 387 g/mol. The van der Waals surface area contributed by atoms with E-state index in [4.69, 9.17) is 12.3 Å². The summed E-state index contributed by atoms with van der Waals surface area (Å²) in [5.74, 6) is -0.0508. The fourth-order valence-electron chi connectivity index (χ4n) is 3.37. The van der Waals surface area contributed by atoms with Gasteiger partial charge in [0.2, 0.25) is 6.54 Å². The second-order valence-corrected chi connectivity index (χ2v) is 7.31. The summed E-state index contributed by atoms with van der Waals surface area (Å²) in [6, 6.07) is 12.0. The molecule has 0 unspecified atom stereocenters. The van der Waals surface area contributed by atoms with Crippen molar-refractivity contribution in [3.8, 4) is 0 Å². The highest BCUT2D eigenvalue weighted by Crippen LogP contribution is 2.22. The van der Waals surface area contributed by atoms with E-state index in [2.05, 4.69) is 53.3 Å². The van der Waals surface area contributed by atoms with Crippen molar-refractivity contribution in [2.24, 2.45) is 5.73 Å². The molecule has 0 spiro atoms. The summed E-state index contributed by atoms with van der Waals surface area (Å²) in [6.07, 6.45) is 0.508. The molecule has 0 atom stereocenters. The molecule has 4 N–H and O–H groups in total. The molecule has 6 heteroatoms. The van der Waals surface area contributed by atoms with E-state index < -0.39 is 5.91 Å². The molecule has 1 amide bonds. The van der Waals surface area contributed by atoms with Gasteiger partial charge in [0, 0.05) is 18.5 Å². The van der Waals surface area contributed by atoms with Gasteiger partial charge in [0.25, 0.3) is 5.91 Å². The Hall–Kier alpha value is -3.59. The molecule has 148 valence electrons. The Morgan fingerprint density at radius 3 is 2.31 bits per heavy atom. The Morgan fingerprint density at radius 1 is 1.10 bits per heavy atom. The van der Waals surface area contributed by atoms with E-state index >= 15 is 0 Å². The standard InChI is InChI=1S/C23H25N5O/c1-14-9-19(10-15(2)16(14)3)13-26-23-21(22(24)29)20(27-28-23)11-17-5-7-18(8-6-17)12-25-4/h5-10H,11-13H2,1-3H3,(H2,24,29)(H2,26,27,28). The van der Waals surface area contributed by atoms with Crippen molar-refractivity contribution in [3.05, 3.63) is 92.5 Å². The third-order valence-corrected chi connectivity index (χ3v) is 5.20. The summed E-state index contributed by atoms with van der Waals surface area (Å²) < 4.78 is 0. The van der Waals surface area contributed by atoms with Crippen molar-refractivity contribution in [2.45, 2.75) is 40.3 Å². The number of primary amides is 1. The maximum atomic E-state index is 12.1. The molecule has 0 bridgehead atoms. The minimum atomic E-state index is -0.517. The number of amides is 1. The summed E-state index contributed by atoms with van der Waals surface area (Å²) in [7, 11) is 0. The predicted molar refractivity (Wildman–Crippen MR) is 115 cm³/mol. The number of nitrogens with two attached hydrogens (primary N) is 1. The van der Waals surface area contributed by atoms with Crippen LogP contribution in [0.3, 0.4) is 0 Å². The first-order valence-corrected chi connectivity index (χ1v) is 9.47. The molecule has 0 fully saturated rings. The molecule has 3 rings (SSSR count). The first kappa shape index (κ1) is 20.2. The van der Waals surface area contributed by atoms with Crippen LogP contribution in [-0.4, -0.2) is 16.1 Å². The maximum Gasteiger partial charge on any atom is 0.254 e. The van der Waals surface area contributed by atoms with Crippen LogP contribution in [0.1, 0.15) is 49.4 Å². The number of hydrogen-bond acceptors (Lipinski definition) is 3. The highest BCUT2D eigenvalue weighted by atomic mass is 16.1. The summed E-state index contributed by atoms with van der Waals surface area (Å²) >= 11 is 0. The number of nitrogens with one attached hydrogen (secondary N) is 2. The van der Waals surface area contributed by atoms with Crippen molar-refractivity contribution in [2.75, 3.05) is 5.32 Å². The van der Waals surface area contributed by atoms with Gasteiger partial charge in [0.1, 0.15) is 5.56 Å². The van der Waals surface area contributed by atoms with Crippen LogP contribution in [0.2, 0.25) is 0 Å². The van der Waals surface area contributed by atoms with Gasteiger partial charge in [-0.2, -0.15) is 5.10 Å². The van der Waals surface area contributed by atoms with Crippen LogP contribution >= 0.6 is 0 Å². The van der Waals surface area contributed by atoms with Crippen LogP contribution in [0.4, 0.5) is 5.82 Å². The number of aryl methyl sites for hydroxylation is 2. The van der Waals surface area contributed by atoms with E-state index in [-0.39, 0.29) is 0 Å². The van der Waals surface area contributed by atoms with E-state index in [1.54, 1.807) is 0 Å². The zero-order valence-corrected chi connectivity index (χ0v) is 17.0. The first-order chi connectivity index (χ1) is 13.9. The molecular weight excluding hydrogens is 362 g/mol. The fraction of sp³-hybridized carbons (Fsp3) is 0.261. The molecule has 0 saturated carbocycles. The summed E-state index contributed by atoms with van der Waals surface area (Å²) in [4.78, 5) is 15.5. The number of benzene rings is 2. The van der Waals surface area contributed by atoms with Crippen LogP contribution in [-0.2, 0) is 19.5 Å². The fourth-order valence-corrected chi connectivity index (χ4v) is 3.37. The van der Waals surface area contributed by atoms with E-state index in [9.17, 15) is 4.79 Å². The van der Waals surface area contributed by atoms with Crippen LogP contribution in [0.15, 0.2) is 36.4 Å². The van der Waals surface area contributed by atoms with Crippen LogP contribution in [0.25, 0.3) is 4.85 Å². The lowest BCUT2D eigenvalue weighted by Gasteiger charge is -2.10. The Bertz CT molecular complexity index is 1050. The molecule has 29 heavy (non-hydrogen) atoms. The van der Waals surface area contributed by atoms with Gasteiger partial charge < -0.3 is 15.9 Å². The van der Waals surface area contributed by atoms with Crippen LogP contribution in [0, 0.1) is 27.3 Å². The SMILES string of the molecule is [C-]#[N+]Cc1ccc(Cc2[nH]nc(NCc3cc(C)c(C)c(C)c3)c2C(N)=O)cc1. The van der Waals surface area contributed by atoms with Gasteiger partial charge in [0.05, 0.1) is 5.69 Å². The first-order valence-electron chi connectivity index (χ1n) is 9.47. The largest absolute Gasteiger partial charge is 0.365 e. The Morgan fingerprint density at radius 2 is 1.72 bits per heavy atom. The molecule has 0 aliphatic rings. The molecule has 6 nitrogen and oxygen atoms in total. The average molecular weight is 387 g/mol. The number of hydrogen-bond donors (Lipinski definition) is 3. The minimum Gasteiger partial charge on any atom is -0.365 e. The molecule has 0 radical (unpaired) electrons. The Balaban J connectivity index is 1.78. The number of anilines is 1. The van der Waals surface area contributed by atoms with Gasteiger partial charge in [-0.3, -0.25) is 9.89 Å². The van der Waals surface area contributed by atoms with Gasteiger partial charge in [-0.1, -0.05) is 36.4 Å². The summed E-state index contributed by atoms with van der Waals surface area (Å²) in [6.45, 7) is 14.2. The Labute approximate surface area is 171 Å². The second kappa shape index (κ2) is 8.61. The van der Waals surface area contributed by atoms with Crippen molar-refractivity contribution in [1.82, 2.24) is 10.2 Å². The van der Waals surface area contributed by atoms with Crippen LogP contribution < -0.4 is 11.1 Å². The number of nitrogens with zero attached hydrogens (tertiary/aromatic N) is 2. The summed E-state index contributed by atoms with van der Waals surface area (Å²) in [5, 5.41) is 10.5. The average Bonchev–Trinajstić information content (AvgIpc) is 3.09. The van der Waals surface area contributed by atoms with Crippen molar-refractivity contribution in [1.29, 1.82) is 0 Å². The number of rotatable bonds is 7. The quantitative estimate of drug-likeness (QED) is 0.534. The third-order valence-electron chi connectivity index (χ3n) is 5.20. The molecule has 0 aliphatic heterocycles. The topological polar surface area (TPSA) is 88.2 Å². The molecule has 0 saturated heterocycles. The van der Waals surface area contributed by atoms with E-state index in [0.717, 1.165) is 16.7 Å². The molecule has 1 aromatic heterocycles. The van der Waals surface area contributed by atoms with Gasteiger partial charge in [-0.15, -0.1) is 0 Å². The summed E-state index contributed by atoms with van der Waals surface area (Å²) in [5.41, 5.74) is 13.6. The van der Waals surface area contributed by atoms with E-state index in [0.29, 0.717) is 36.6 Å². The molecule has 3 aromatic rings. The van der Waals surface area contributed by atoms with Gasteiger partial charge >= 0.3 is 0 Å². The Kier molecular flexibility index (Phi) is 5.99. The second-order valence-electron chi connectivity index (χ2n) is 7.31. The lowest BCUT2D eigenvalue weighted by atomic mass is 10.0. The van der Waals surface area contributed by atoms with Crippen LogP contribution in [0.5, 0.6) is 0 Å². The maximum absolute atomic E-state index is 12.1. The number of H-pyrrole nitrogens is 1.